The number of rotatable bonds is 6. The van der Waals surface area contributed by atoms with E-state index in [0.717, 1.165) is 35.2 Å². The summed E-state index contributed by atoms with van der Waals surface area (Å²) in [6, 6.07) is 6.23. The van der Waals surface area contributed by atoms with Gasteiger partial charge in [0.15, 0.2) is 0 Å². The van der Waals surface area contributed by atoms with Crippen molar-refractivity contribution in [3.63, 3.8) is 0 Å². The van der Waals surface area contributed by atoms with Crippen molar-refractivity contribution in [3.8, 4) is 0 Å². The molecule has 0 radical (unpaired) electrons. The van der Waals surface area contributed by atoms with Crippen LogP contribution in [-0.4, -0.2) is 16.5 Å². The van der Waals surface area contributed by atoms with Gasteiger partial charge in [0, 0.05) is 17.5 Å². The molecule has 0 aliphatic heterocycles. The minimum Gasteiger partial charge on any atom is -0.308 e. The summed E-state index contributed by atoms with van der Waals surface area (Å²) in [5.41, 5.74) is 1.05. The van der Waals surface area contributed by atoms with E-state index in [-0.39, 0.29) is 6.04 Å². The Bertz CT molecular complexity index is 527. The van der Waals surface area contributed by atoms with Gasteiger partial charge in [-0.2, -0.15) is 0 Å². The Hall–Kier alpha value is -0.970. The molecule has 3 nitrogen and oxygen atoms in total. The van der Waals surface area contributed by atoms with Gasteiger partial charge in [0.05, 0.1) is 16.1 Å². The van der Waals surface area contributed by atoms with Crippen molar-refractivity contribution in [1.29, 1.82) is 0 Å². The smallest absolute Gasteiger partial charge is 0.125 e. The van der Waals surface area contributed by atoms with E-state index >= 15 is 0 Å². The van der Waals surface area contributed by atoms with Crippen molar-refractivity contribution < 1.29 is 0 Å². The van der Waals surface area contributed by atoms with Crippen molar-refractivity contribution in [3.05, 3.63) is 45.1 Å². The molecule has 0 amide bonds. The number of halogens is 1. The number of nitrogens with zero attached hydrogens (tertiary/aromatic N) is 2. The molecule has 2 rings (SSSR count). The predicted octanol–water partition coefficient (Wildman–Crippen LogP) is 3.78. The normalized spacial score (nSPS) is 12.6. The second kappa shape index (κ2) is 6.98. The molecule has 0 saturated carbocycles. The SMILES string of the molecule is CCCNC(Cc1ccc(Cl)s1)c1ccnc(C)n1. The Morgan fingerprint density at radius 2 is 2.21 bits per heavy atom. The second-order valence-electron chi connectivity index (χ2n) is 4.45. The molecule has 19 heavy (non-hydrogen) atoms. The minimum absolute atomic E-state index is 0.219. The average molecular weight is 296 g/mol. The van der Waals surface area contributed by atoms with Crippen LogP contribution in [0.15, 0.2) is 24.4 Å². The molecule has 0 saturated heterocycles. The minimum atomic E-state index is 0.219. The van der Waals surface area contributed by atoms with E-state index in [9.17, 15) is 0 Å². The van der Waals surface area contributed by atoms with E-state index in [1.54, 1.807) is 11.3 Å². The van der Waals surface area contributed by atoms with Crippen LogP contribution < -0.4 is 5.32 Å². The van der Waals surface area contributed by atoms with Gasteiger partial charge in [0.2, 0.25) is 0 Å². The number of thiophene rings is 1. The van der Waals surface area contributed by atoms with Crippen LogP contribution in [0.3, 0.4) is 0 Å². The van der Waals surface area contributed by atoms with Crippen molar-refractivity contribution in [1.82, 2.24) is 15.3 Å². The fourth-order valence-corrected chi connectivity index (χ4v) is 3.06. The van der Waals surface area contributed by atoms with Gasteiger partial charge in [-0.15, -0.1) is 11.3 Å². The lowest BCUT2D eigenvalue weighted by Gasteiger charge is -2.17. The molecule has 102 valence electrons. The number of nitrogens with one attached hydrogen (secondary N) is 1. The summed E-state index contributed by atoms with van der Waals surface area (Å²) in [6.07, 6.45) is 3.83. The van der Waals surface area contributed by atoms with E-state index in [4.69, 9.17) is 11.6 Å². The molecule has 1 atom stereocenters. The van der Waals surface area contributed by atoms with Crippen LogP contribution in [0.1, 0.15) is 35.8 Å². The first-order chi connectivity index (χ1) is 9.19. The van der Waals surface area contributed by atoms with Crippen LogP contribution in [0.25, 0.3) is 0 Å². The van der Waals surface area contributed by atoms with Crippen molar-refractivity contribution in [2.24, 2.45) is 0 Å². The van der Waals surface area contributed by atoms with E-state index in [0.29, 0.717) is 0 Å². The van der Waals surface area contributed by atoms with E-state index in [2.05, 4.69) is 28.3 Å². The fourth-order valence-electron chi connectivity index (χ4n) is 1.93. The summed E-state index contributed by atoms with van der Waals surface area (Å²) in [5, 5.41) is 3.54. The molecule has 0 spiro atoms. The molecule has 0 bridgehead atoms. The van der Waals surface area contributed by atoms with Crippen LogP contribution in [0.4, 0.5) is 0 Å². The lowest BCUT2D eigenvalue weighted by Crippen LogP contribution is -2.25. The molecular formula is C14H18ClN3S. The van der Waals surface area contributed by atoms with Crippen LogP contribution in [0.5, 0.6) is 0 Å². The average Bonchev–Trinajstić information content (AvgIpc) is 2.80. The van der Waals surface area contributed by atoms with Crippen molar-refractivity contribution in [2.75, 3.05) is 6.54 Å². The predicted molar refractivity (Wildman–Crippen MR) is 80.8 cm³/mol. The summed E-state index contributed by atoms with van der Waals surface area (Å²) in [7, 11) is 0. The largest absolute Gasteiger partial charge is 0.308 e. The summed E-state index contributed by atoms with van der Waals surface area (Å²) >= 11 is 7.62. The standard InChI is InChI=1S/C14H18ClN3S/c1-3-7-17-13(9-11-4-5-14(15)19-11)12-6-8-16-10(2)18-12/h4-6,8,13,17H,3,7,9H2,1-2H3. The van der Waals surface area contributed by atoms with E-state index in [1.807, 2.05) is 25.3 Å². The first-order valence-electron chi connectivity index (χ1n) is 6.46. The molecule has 1 unspecified atom stereocenters. The Balaban J connectivity index is 2.15. The highest BCUT2D eigenvalue weighted by atomic mass is 35.5. The number of hydrogen-bond donors (Lipinski definition) is 1. The zero-order valence-corrected chi connectivity index (χ0v) is 12.8. The summed E-state index contributed by atoms with van der Waals surface area (Å²) in [6.45, 7) is 5.06. The molecule has 5 heteroatoms. The lowest BCUT2D eigenvalue weighted by molar-refractivity contribution is 0.518. The van der Waals surface area contributed by atoms with Gasteiger partial charge in [-0.3, -0.25) is 0 Å². The molecule has 0 fully saturated rings. The third-order valence-electron chi connectivity index (χ3n) is 2.83. The molecule has 0 aromatic carbocycles. The summed E-state index contributed by atoms with van der Waals surface area (Å²) in [5.74, 6) is 0.810. The summed E-state index contributed by atoms with van der Waals surface area (Å²) < 4.78 is 0.836. The van der Waals surface area contributed by atoms with Gasteiger partial charge in [-0.1, -0.05) is 18.5 Å². The molecule has 0 aliphatic carbocycles. The third kappa shape index (κ3) is 4.27. The molecule has 0 aliphatic rings. The van der Waals surface area contributed by atoms with Gasteiger partial charge in [0.25, 0.3) is 0 Å². The maximum absolute atomic E-state index is 5.99. The Labute approximate surface area is 123 Å². The molecule has 2 aromatic heterocycles. The highest BCUT2D eigenvalue weighted by Crippen LogP contribution is 2.26. The highest BCUT2D eigenvalue weighted by Gasteiger charge is 2.14. The quantitative estimate of drug-likeness (QED) is 0.881. The summed E-state index contributed by atoms with van der Waals surface area (Å²) in [4.78, 5) is 9.96. The van der Waals surface area contributed by atoms with Gasteiger partial charge >= 0.3 is 0 Å². The highest BCUT2D eigenvalue weighted by molar-refractivity contribution is 7.16. The zero-order valence-electron chi connectivity index (χ0n) is 11.2. The van der Waals surface area contributed by atoms with Crippen molar-refractivity contribution >= 4 is 22.9 Å². The van der Waals surface area contributed by atoms with Crippen LogP contribution in [0, 0.1) is 6.92 Å². The van der Waals surface area contributed by atoms with Crippen molar-refractivity contribution in [2.45, 2.75) is 32.7 Å². The Kier molecular flexibility index (Phi) is 5.31. The van der Waals surface area contributed by atoms with Crippen LogP contribution in [0.2, 0.25) is 4.34 Å². The molecule has 2 aromatic rings. The van der Waals surface area contributed by atoms with Gasteiger partial charge in [0.1, 0.15) is 5.82 Å². The first-order valence-corrected chi connectivity index (χ1v) is 7.65. The lowest BCUT2D eigenvalue weighted by atomic mass is 10.1. The number of aromatic nitrogens is 2. The Morgan fingerprint density at radius 3 is 2.84 bits per heavy atom. The Morgan fingerprint density at radius 1 is 1.37 bits per heavy atom. The monoisotopic (exact) mass is 295 g/mol. The zero-order chi connectivity index (χ0) is 13.7. The van der Waals surface area contributed by atoms with Crippen LogP contribution in [-0.2, 0) is 6.42 Å². The maximum Gasteiger partial charge on any atom is 0.125 e. The van der Waals surface area contributed by atoms with Gasteiger partial charge < -0.3 is 5.32 Å². The number of aryl methyl sites for hydroxylation is 1. The first kappa shape index (κ1) is 14.4. The number of hydrogen-bond acceptors (Lipinski definition) is 4. The second-order valence-corrected chi connectivity index (χ2v) is 6.25. The fraction of sp³-hybridized carbons (Fsp3) is 0.429. The van der Waals surface area contributed by atoms with E-state index < -0.39 is 0 Å². The third-order valence-corrected chi connectivity index (χ3v) is 4.08. The maximum atomic E-state index is 5.99. The van der Waals surface area contributed by atoms with Gasteiger partial charge in [-0.05, 0) is 38.1 Å². The van der Waals surface area contributed by atoms with Gasteiger partial charge in [-0.25, -0.2) is 9.97 Å². The molecule has 2 heterocycles. The van der Waals surface area contributed by atoms with E-state index in [1.165, 1.54) is 4.88 Å². The topological polar surface area (TPSA) is 37.8 Å². The van der Waals surface area contributed by atoms with Crippen LogP contribution >= 0.6 is 22.9 Å². The molecule has 1 N–H and O–H groups in total. The molecular weight excluding hydrogens is 278 g/mol.